The van der Waals surface area contributed by atoms with E-state index in [0.29, 0.717) is 11.6 Å². The van der Waals surface area contributed by atoms with Crippen LogP contribution < -0.4 is 5.32 Å². The van der Waals surface area contributed by atoms with E-state index in [0.717, 1.165) is 6.42 Å². The Hall–Kier alpha value is -0.870. The van der Waals surface area contributed by atoms with Crippen molar-refractivity contribution < 1.29 is 0 Å². The Morgan fingerprint density at radius 1 is 1.40 bits per heavy atom. The van der Waals surface area contributed by atoms with Crippen LogP contribution in [0.1, 0.15) is 44.6 Å². The molecule has 1 saturated carbocycles. The monoisotopic (exact) mass is 276 g/mol. The highest BCUT2D eigenvalue weighted by atomic mass is 15.3. The average molecular weight is 276 g/mol. The second-order valence-electron chi connectivity index (χ2n) is 6.64. The number of rotatable bonds is 4. The van der Waals surface area contributed by atoms with E-state index >= 15 is 0 Å². The largest absolute Gasteiger partial charge is 0.311 e. The second-order valence-corrected chi connectivity index (χ2v) is 6.64. The zero-order valence-electron chi connectivity index (χ0n) is 12.9. The Kier molecular flexibility index (Phi) is 4.13. The van der Waals surface area contributed by atoms with E-state index in [4.69, 9.17) is 0 Å². The predicted molar refractivity (Wildman–Crippen MR) is 81.8 cm³/mol. The number of hydrogen-bond donors (Lipinski definition) is 1. The van der Waals surface area contributed by atoms with Crippen LogP contribution >= 0.6 is 0 Å². The molecule has 4 nitrogen and oxygen atoms in total. The number of nitrogens with zero attached hydrogens (tertiary/aromatic N) is 3. The standard InChI is InChI=1S/C16H28N4/c1-3-15-12-20(9-6-14-10-18-19(2)11-14)16(13-17-15)7-4-5-8-16/h10-11,15,17H,3-9,12-13H2,1-2H3. The van der Waals surface area contributed by atoms with Crippen LogP contribution in [0.4, 0.5) is 0 Å². The highest BCUT2D eigenvalue weighted by Crippen LogP contribution is 2.37. The van der Waals surface area contributed by atoms with Crippen molar-refractivity contribution in [2.24, 2.45) is 7.05 Å². The van der Waals surface area contributed by atoms with Crippen molar-refractivity contribution >= 4 is 0 Å². The summed E-state index contributed by atoms with van der Waals surface area (Å²) < 4.78 is 1.91. The molecule has 1 spiro atoms. The van der Waals surface area contributed by atoms with Gasteiger partial charge in [-0.1, -0.05) is 19.8 Å². The van der Waals surface area contributed by atoms with Crippen LogP contribution in [0.2, 0.25) is 0 Å². The van der Waals surface area contributed by atoms with Crippen molar-refractivity contribution in [3.8, 4) is 0 Å². The molecule has 0 aromatic carbocycles. The molecule has 1 aromatic rings. The Morgan fingerprint density at radius 3 is 2.85 bits per heavy atom. The van der Waals surface area contributed by atoms with Crippen molar-refractivity contribution in [3.63, 3.8) is 0 Å². The van der Waals surface area contributed by atoms with Crippen LogP contribution in [0.25, 0.3) is 0 Å². The molecule has 1 atom stereocenters. The first-order valence-corrected chi connectivity index (χ1v) is 8.18. The van der Waals surface area contributed by atoms with E-state index in [1.54, 1.807) is 0 Å². The van der Waals surface area contributed by atoms with Crippen molar-refractivity contribution in [3.05, 3.63) is 18.0 Å². The maximum Gasteiger partial charge on any atom is 0.0522 e. The molecule has 1 aliphatic carbocycles. The smallest absolute Gasteiger partial charge is 0.0522 e. The molecule has 20 heavy (non-hydrogen) atoms. The van der Waals surface area contributed by atoms with Gasteiger partial charge in [-0.2, -0.15) is 5.10 Å². The molecule has 1 aromatic heterocycles. The molecule has 4 heteroatoms. The van der Waals surface area contributed by atoms with Gasteiger partial charge in [0.15, 0.2) is 0 Å². The summed E-state index contributed by atoms with van der Waals surface area (Å²) in [6.45, 7) is 5.89. The highest BCUT2D eigenvalue weighted by molar-refractivity contribution is 5.07. The average Bonchev–Trinajstić information content (AvgIpc) is 3.08. The summed E-state index contributed by atoms with van der Waals surface area (Å²) in [4.78, 5) is 2.79. The predicted octanol–water partition coefficient (Wildman–Crippen LogP) is 1.96. The van der Waals surface area contributed by atoms with Gasteiger partial charge in [0.25, 0.3) is 0 Å². The Morgan fingerprint density at radius 2 is 2.20 bits per heavy atom. The third kappa shape index (κ3) is 2.77. The Bertz CT molecular complexity index is 433. The van der Waals surface area contributed by atoms with E-state index in [1.807, 2.05) is 17.9 Å². The molecule has 0 radical (unpaired) electrons. The van der Waals surface area contributed by atoms with Gasteiger partial charge in [-0.15, -0.1) is 0 Å². The fraction of sp³-hybridized carbons (Fsp3) is 0.812. The van der Waals surface area contributed by atoms with E-state index < -0.39 is 0 Å². The maximum absolute atomic E-state index is 4.29. The van der Waals surface area contributed by atoms with Crippen LogP contribution in [-0.4, -0.2) is 45.9 Å². The Labute approximate surface area is 122 Å². The molecule has 2 fully saturated rings. The first-order chi connectivity index (χ1) is 9.72. The first-order valence-electron chi connectivity index (χ1n) is 8.18. The molecule has 1 N–H and O–H groups in total. The normalized spacial score (nSPS) is 26.4. The van der Waals surface area contributed by atoms with Crippen molar-refractivity contribution in [1.29, 1.82) is 0 Å². The summed E-state index contributed by atoms with van der Waals surface area (Å²) in [6.07, 6.45) is 12.1. The number of nitrogens with one attached hydrogen (secondary N) is 1. The highest BCUT2D eigenvalue weighted by Gasteiger charge is 2.42. The van der Waals surface area contributed by atoms with Gasteiger partial charge in [-0.25, -0.2) is 0 Å². The van der Waals surface area contributed by atoms with Crippen molar-refractivity contribution in [2.75, 3.05) is 19.6 Å². The lowest BCUT2D eigenvalue weighted by Gasteiger charge is -2.48. The minimum Gasteiger partial charge on any atom is -0.311 e. The second kappa shape index (κ2) is 5.86. The van der Waals surface area contributed by atoms with E-state index in [-0.39, 0.29) is 0 Å². The van der Waals surface area contributed by atoms with E-state index in [1.165, 1.54) is 57.3 Å². The third-order valence-corrected chi connectivity index (χ3v) is 5.29. The van der Waals surface area contributed by atoms with E-state index in [9.17, 15) is 0 Å². The summed E-state index contributed by atoms with van der Waals surface area (Å²) in [5, 5.41) is 8.06. The SMILES string of the molecule is CCC1CN(CCc2cnn(C)c2)C2(CCCC2)CN1. The number of hydrogen-bond acceptors (Lipinski definition) is 3. The molecule has 3 rings (SSSR count). The lowest BCUT2D eigenvalue weighted by molar-refractivity contribution is 0.0432. The first kappa shape index (κ1) is 14.1. The maximum atomic E-state index is 4.29. The zero-order valence-corrected chi connectivity index (χ0v) is 12.9. The van der Waals surface area contributed by atoms with Crippen LogP contribution in [-0.2, 0) is 13.5 Å². The van der Waals surface area contributed by atoms with Gasteiger partial charge in [-0.05, 0) is 31.2 Å². The van der Waals surface area contributed by atoms with Gasteiger partial charge < -0.3 is 5.32 Å². The minimum atomic E-state index is 0.452. The van der Waals surface area contributed by atoms with Crippen molar-refractivity contribution in [1.82, 2.24) is 20.0 Å². The molecule has 1 unspecified atom stereocenters. The number of aryl methyl sites for hydroxylation is 1. The fourth-order valence-electron chi connectivity index (χ4n) is 3.96. The van der Waals surface area contributed by atoms with Crippen LogP contribution in [0.5, 0.6) is 0 Å². The number of aromatic nitrogens is 2. The summed E-state index contributed by atoms with van der Waals surface area (Å²) >= 11 is 0. The molecule has 2 heterocycles. The topological polar surface area (TPSA) is 33.1 Å². The molecule has 1 saturated heterocycles. The zero-order chi connectivity index (χ0) is 14.0. The van der Waals surface area contributed by atoms with Crippen LogP contribution in [0, 0.1) is 0 Å². The molecular weight excluding hydrogens is 248 g/mol. The van der Waals surface area contributed by atoms with Gasteiger partial charge in [0.1, 0.15) is 0 Å². The van der Waals surface area contributed by atoms with Gasteiger partial charge >= 0.3 is 0 Å². The van der Waals surface area contributed by atoms with Crippen molar-refractivity contribution in [2.45, 2.75) is 57.0 Å². The third-order valence-electron chi connectivity index (χ3n) is 5.29. The van der Waals surface area contributed by atoms with Gasteiger partial charge in [-0.3, -0.25) is 9.58 Å². The van der Waals surface area contributed by atoms with Crippen LogP contribution in [0.15, 0.2) is 12.4 Å². The van der Waals surface area contributed by atoms with Crippen LogP contribution in [0.3, 0.4) is 0 Å². The lowest BCUT2D eigenvalue weighted by atomic mass is 9.90. The molecule has 1 aliphatic heterocycles. The Balaban J connectivity index is 1.66. The summed E-state index contributed by atoms with van der Waals surface area (Å²) in [5.41, 5.74) is 1.82. The summed E-state index contributed by atoms with van der Waals surface area (Å²) in [5.74, 6) is 0. The summed E-state index contributed by atoms with van der Waals surface area (Å²) in [7, 11) is 2.00. The van der Waals surface area contributed by atoms with Gasteiger partial charge in [0, 0.05) is 44.5 Å². The minimum absolute atomic E-state index is 0.452. The van der Waals surface area contributed by atoms with E-state index in [2.05, 4.69) is 28.4 Å². The molecule has 112 valence electrons. The molecular formula is C16H28N4. The molecule has 0 bridgehead atoms. The molecule has 2 aliphatic rings. The summed E-state index contributed by atoms with van der Waals surface area (Å²) in [6, 6.07) is 0.676. The number of piperazine rings is 1. The fourth-order valence-corrected chi connectivity index (χ4v) is 3.96. The lowest BCUT2D eigenvalue weighted by Crippen LogP contribution is -2.63. The molecule has 0 amide bonds. The quantitative estimate of drug-likeness (QED) is 0.912. The van der Waals surface area contributed by atoms with Gasteiger partial charge in [0.2, 0.25) is 0 Å². The van der Waals surface area contributed by atoms with Gasteiger partial charge in [0.05, 0.1) is 6.20 Å².